The smallest absolute Gasteiger partial charge is 0.331 e. The second-order valence-corrected chi connectivity index (χ2v) is 34.9. The Labute approximate surface area is 803 Å². The number of nitro groups is 2. The number of amides is 6. The number of aliphatic imine (C=N–C) groups is 2. The van der Waals surface area contributed by atoms with Gasteiger partial charge in [-0.25, -0.2) is 19.7 Å². The summed E-state index contributed by atoms with van der Waals surface area (Å²) < 4.78 is 14.9. The van der Waals surface area contributed by atoms with E-state index < -0.39 is 32.5 Å². The van der Waals surface area contributed by atoms with E-state index >= 15 is 0 Å². The van der Waals surface area contributed by atoms with Crippen LogP contribution in [0.5, 0.6) is 17.2 Å². The second kappa shape index (κ2) is 48.6. The van der Waals surface area contributed by atoms with Crippen LogP contribution in [0.4, 0.5) is 34.3 Å². The number of thiazole rings is 1. The standard InChI is InChI=1S/C19H20N2O3.C16H12ClNO3S.C13H12N2OS.C12H7Br3N2O.C12H13Cl2N3O3.C10H6ClNO2.C9H6N2O3S/c1-19(2,3)15-9-10-18(22)17(13-15)20-11-5-7-14-6-4-8-16(12-14)21(23)24;1-10-8-11(6-7-12(10)17)21-15(19)9-18-13-4-2-3-5-14(13)22-16(18)20;1-9(7-10-5-3-2-4-6-10)8-11-12(16)15-13(17)14-11;13-8-1-2-11(17-6-8)16-5-7-3-9(14)4-10(15)12(7)18;13-11(14)12(18)16-7-5-15(6-8-16)9-1-3-10(4-2-9)17(19)20;11-7-1-3-8(4-2-7)12-9(13)5-6-10(12)14;12-7-6(4-5-2-1-3-14-5)8(13)11-9(15)10-7/h4-13,22H,1-3H3;2-8H,9H2,1H3;2-8H,1H3,(H2,14,15,16,17);1-6,18H;1-4,11H,5-8H2;1-6H;1-4H,(H2,10,11,12,13,15)/b7-5+,20-11?;;9-7+,11-8+;;;;. The number of hydrogen-bond acceptors (Lipinski definition) is 23. The van der Waals surface area contributed by atoms with Gasteiger partial charge in [0.25, 0.3) is 46.8 Å². The van der Waals surface area contributed by atoms with Crippen molar-refractivity contribution < 1.29 is 62.8 Å². The number of aromatic hydroxyl groups is 2. The number of ether oxygens (including phenoxy) is 1. The molecular formula is C91H76Br3Cl4N13O16S3. The van der Waals surface area contributed by atoms with Gasteiger partial charge in [-0.15, -0.1) is 0 Å². The molecular weight excluding hydrogens is 2010 g/mol. The van der Waals surface area contributed by atoms with Crippen LogP contribution in [0.2, 0.25) is 10.0 Å². The number of aromatic nitrogens is 2. The molecule has 7 heterocycles. The number of halogens is 7. The fraction of sp³-hybridized carbons (Fsp3) is 0.132. The van der Waals surface area contributed by atoms with Crippen molar-refractivity contribution >= 4 is 257 Å². The maximum atomic E-state index is 12.1. The topological polar surface area (TPSA) is 386 Å². The van der Waals surface area contributed by atoms with Crippen LogP contribution in [-0.4, -0.2) is 130 Å². The van der Waals surface area contributed by atoms with E-state index in [0.29, 0.717) is 91.3 Å². The summed E-state index contributed by atoms with van der Waals surface area (Å²) in [5.41, 5.74) is 8.51. The minimum Gasteiger partial charge on any atom is -0.506 e. The van der Waals surface area contributed by atoms with Gasteiger partial charge in [0.15, 0.2) is 20.9 Å². The molecule has 39 heteroatoms. The molecule has 3 aromatic heterocycles. The van der Waals surface area contributed by atoms with Gasteiger partial charge in [0.2, 0.25) is 0 Å². The third-order valence-corrected chi connectivity index (χ3v) is 21.9. The van der Waals surface area contributed by atoms with Crippen LogP contribution >= 0.6 is 130 Å². The Morgan fingerprint density at radius 2 is 1.33 bits per heavy atom. The number of piperazine rings is 1. The van der Waals surface area contributed by atoms with Gasteiger partial charge < -0.3 is 34.5 Å². The van der Waals surface area contributed by atoms with Gasteiger partial charge in [-0.3, -0.25) is 79.3 Å². The van der Waals surface area contributed by atoms with Crippen LogP contribution < -0.4 is 40.7 Å². The maximum Gasteiger partial charge on any atom is 0.331 e. The Morgan fingerprint density at radius 3 is 1.94 bits per heavy atom. The average molecular weight is 2090 g/mol. The Kier molecular flexibility index (Phi) is 37.7. The fourth-order valence-corrected chi connectivity index (χ4v) is 14.8. The average Bonchev–Trinajstić information content (AvgIpc) is 1.63. The molecule has 3 fully saturated rings. The number of non-ortho nitro benzene ring substituents is 2. The van der Waals surface area contributed by atoms with E-state index in [1.165, 1.54) is 53.3 Å². The number of fused-ring (bicyclic) bond motifs is 1. The summed E-state index contributed by atoms with van der Waals surface area (Å²) in [5.74, 6) is -0.965. The molecule has 3 saturated heterocycles. The minimum atomic E-state index is -1.03. The number of nitro benzene ring substituents is 2. The summed E-state index contributed by atoms with van der Waals surface area (Å²) in [5, 5.41) is 52.6. The third kappa shape index (κ3) is 31.0. The van der Waals surface area contributed by atoms with Crippen molar-refractivity contribution in [2.75, 3.05) is 36.0 Å². The number of aryl methyl sites for hydroxylation is 1. The number of imide groups is 1. The molecule has 6 amide bonds. The van der Waals surface area contributed by atoms with Gasteiger partial charge in [0.1, 0.15) is 46.5 Å². The lowest BCUT2D eigenvalue weighted by Gasteiger charge is -2.36. The number of hydrogen-bond donors (Lipinski definition) is 6. The van der Waals surface area contributed by atoms with Crippen LogP contribution in [0.25, 0.3) is 28.4 Å². The highest BCUT2D eigenvalue weighted by molar-refractivity contribution is 9.11. The number of alkyl halides is 2. The number of phenols is 2. The number of phenolic OH excluding ortho intramolecular Hbond substituents is 2. The predicted octanol–water partition coefficient (Wildman–Crippen LogP) is 19.5. The largest absolute Gasteiger partial charge is 0.506 e. The number of esters is 1. The zero-order chi connectivity index (χ0) is 94.5. The predicted molar refractivity (Wildman–Crippen MR) is 526 cm³/mol. The number of pyridine rings is 1. The highest BCUT2D eigenvalue weighted by Gasteiger charge is 2.29. The van der Waals surface area contributed by atoms with Crippen molar-refractivity contribution in [2.24, 2.45) is 9.98 Å². The molecule has 0 radical (unpaired) electrons. The van der Waals surface area contributed by atoms with Crippen molar-refractivity contribution in [3.8, 4) is 17.2 Å². The highest BCUT2D eigenvalue weighted by atomic mass is 79.9. The number of carbonyl (C=O) groups is 7. The number of furan rings is 1. The van der Waals surface area contributed by atoms with Gasteiger partial charge in [-0.05, 0) is 237 Å². The lowest BCUT2D eigenvalue weighted by atomic mass is 9.87. The van der Waals surface area contributed by atoms with Crippen LogP contribution in [0, 0.1) is 27.2 Å². The summed E-state index contributed by atoms with van der Waals surface area (Å²) in [6, 6.07) is 57.4. The monoisotopic (exact) mass is 2080 g/mol. The number of nitrogens with zero attached hydrogens (tertiary/aromatic N) is 9. The Morgan fingerprint density at radius 1 is 0.692 bits per heavy atom. The molecule has 29 nitrogen and oxygen atoms in total. The number of carbonyl (C=O) groups excluding carboxylic acids is 7. The Hall–Kier alpha value is -12.8. The number of thiocarbonyl (C=S) groups is 2. The first-order valence-electron chi connectivity index (χ1n) is 38.4. The van der Waals surface area contributed by atoms with Crippen LogP contribution in [0.15, 0.2) is 286 Å². The number of rotatable bonds is 16. The van der Waals surface area contributed by atoms with Gasteiger partial charge in [-0.1, -0.05) is 167 Å². The van der Waals surface area contributed by atoms with Gasteiger partial charge >= 0.3 is 10.8 Å². The molecule has 11 aromatic rings. The minimum absolute atomic E-state index is 0.0154. The van der Waals surface area contributed by atoms with E-state index in [-0.39, 0.29) is 74.0 Å². The van der Waals surface area contributed by atoms with E-state index in [2.05, 4.69) is 122 Å². The Bertz CT molecular complexity index is 6300. The molecule has 130 heavy (non-hydrogen) atoms. The first-order chi connectivity index (χ1) is 61.9. The van der Waals surface area contributed by atoms with E-state index in [9.17, 15) is 68.8 Å². The van der Waals surface area contributed by atoms with Crippen LogP contribution in [0.3, 0.4) is 0 Å². The number of para-hydroxylation sites is 1. The molecule has 0 unspecified atom stereocenters. The molecule has 15 rings (SSSR count). The third-order valence-electron chi connectivity index (χ3n) is 18.0. The molecule has 668 valence electrons. The highest BCUT2D eigenvalue weighted by Crippen LogP contribution is 2.35. The zero-order valence-corrected chi connectivity index (χ0v) is 79.3. The normalized spacial score (nSPS) is 13.9. The maximum absolute atomic E-state index is 12.1. The molecule has 0 saturated carbocycles. The number of nitrogens with one attached hydrogen (secondary N) is 4. The first kappa shape index (κ1) is 101. The lowest BCUT2D eigenvalue weighted by molar-refractivity contribution is -0.385. The summed E-state index contributed by atoms with van der Waals surface area (Å²) in [4.78, 5) is 129. The van der Waals surface area contributed by atoms with Crippen molar-refractivity contribution in [1.82, 2.24) is 35.7 Å². The molecule has 0 spiro atoms. The number of benzene rings is 8. The molecule has 4 aliphatic heterocycles. The Balaban J connectivity index is 0.000000172. The zero-order valence-electron chi connectivity index (χ0n) is 69.0. The number of allylic oxidation sites excluding steroid dienone is 3. The summed E-state index contributed by atoms with van der Waals surface area (Å²) in [6.07, 6.45) is 17.3. The van der Waals surface area contributed by atoms with Crippen molar-refractivity contribution in [3.05, 3.63) is 341 Å². The summed E-state index contributed by atoms with van der Waals surface area (Å²) >= 11 is 43.3. The van der Waals surface area contributed by atoms with E-state index in [0.717, 1.165) is 63.3 Å². The summed E-state index contributed by atoms with van der Waals surface area (Å²) in [7, 11) is 0. The van der Waals surface area contributed by atoms with Crippen LogP contribution in [-0.2, 0) is 45.5 Å². The quantitative estimate of drug-likeness (QED) is 0.00500. The van der Waals surface area contributed by atoms with Crippen molar-refractivity contribution in [1.29, 1.82) is 0 Å². The molecule has 0 aliphatic carbocycles. The van der Waals surface area contributed by atoms with E-state index in [1.807, 2.05) is 92.7 Å². The number of anilines is 2. The van der Waals surface area contributed by atoms with Gasteiger partial charge in [0, 0.05) is 111 Å². The molecule has 8 aromatic carbocycles. The van der Waals surface area contributed by atoms with Gasteiger partial charge in [-0.2, -0.15) is 0 Å². The molecule has 0 bridgehead atoms. The SMILES string of the molecule is CC(=C\c1ccccc1)/C=C1/NC(=S)NC1=O.CC(C)(C)c1ccc(O)c(N=C/C=C/c2cccc([N+](=O)[O-])c2)c1.Cc1cc(OC(=O)Cn2c(=O)sc3ccccc32)ccc1Cl.O=C(C(Cl)Cl)N1CCN(c2ccc([N+](=O)[O-])cc2)CC1.O=C1C=CC(=O)N1c1ccc(Cl)cc1.O=C1NC(=S)NC(=O)C1=Cc1ccco1.Oc1c(Br)cc(Br)cc1C=Nc1ccc(Br)cn1. The molecule has 0 atom stereocenters. The fourth-order valence-electron chi connectivity index (χ4n) is 11.6. The van der Waals surface area contributed by atoms with Crippen molar-refractivity contribution in [3.63, 3.8) is 0 Å². The van der Waals surface area contributed by atoms with Gasteiger partial charge in [0.05, 0.1) is 36.5 Å². The van der Waals surface area contributed by atoms with E-state index in [4.69, 9.17) is 67.8 Å². The van der Waals surface area contributed by atoms with Crippen LogP contribution in [0.1, 0.15) is 61.3 Å². The second-order valence-electron chi connectivity index (χ2n) is 28.5. The first-order valence-corrected chi connectivity index (χ1v) is 44.1. The van der Waals surface area contributed by atoms with Crippen molar-refractivity contribution in [2.45, 2.75) is 51.4 Å². The lowest BCUT2D eigenvalue weighted by Crippen LogP contribution is -2.51. The molecule has 6 N–H and O–H groups in total. The molecule has 4 aliphatic rings. The van der Waals surface area contributed by atoms with E-state index in [1.54, 1.807) is 145 Å². The summed E-state index contributed by atoms with van der Waals surface area (Å²) in [6.45, 7) is 12.3.